The van der Waals surface area contributed by atoms with E-state index in [-0.39, 0.29) is 18.4 Å². The van der Waals surface area contributed by atoms with Crippen LogP contribution in [0, 0.1) is 17.8 Å². The average Bonchev–Trinajstić information content (AvgIpc) is 2.97. The quantitative estimate of drug-likeness (QED) is 0.198. The van der Waals surface area contributed by atoms with Crippen molar-refractivity contribution in [3.8, 4) is 11.5 Å². The summed E-state index contributed by atoms with van der Waals surface area (Å²) < 4.78 is 11.5. The van der Waals surface area contributed by atoms with Crippen molar-refractivity contribution in [2.75, 3.05) is 18.5 Å². The van der Waals surface area contributed by atoms with Gasteiger partial charge in [-0.1, -0.05) is 23.7 Å². The SMILES string of the molecule is CCOc1cc(/C=N/NC(=O)c2ccc(Cl)cc2)ccc1OCC(=O)Nc1ccc(C23CC4CC(CC(C4)C2)C3)cc1. The van der Waals surface area contributed by atoms with Gasteiger partial charge in [0.2, 0.25) is 0 Å². The van der Waals surface area contributed by atoms with E-state index >= 15 is 0 Å². The van der Waals surface area contributed by atoms with Crippen LogP contribution in [0.25, 0.3) is 0 Å². The molecule has 7 rings (SSSR count). The van der Waals surface area contributed by atoms with E-state index in [4.69, 9.17) is 21.1 Å². The second-order valence-electron chi connectivity index (χ2n) is 12.0. The summed E-state index contributed by atoms with van der Waals surface area (Å²) in [7, 11) is 0. The highest BCUT2D eigenvalue weighted by atomic mass is 35.5. The number of halogens is 1. The Labute approximate surface area is 251 Å². The number of nitrogens with zero attached hydrogens (tertiary/aromatic N) is 1. The molecule has 0 radical (unpaired) electrons. The van der Waals surface area contributed by atoms with Crippen LogP contribution in [-0.2, 0) is 10.2 Å². The molecule has 0 unspecified atom stereocenters. The predicted octanol–water partition coefficient (Wildman–Crippen LogP) is 6.99. The summed E-state index contributed by atoms with van der Waals surface area (Å²) in [6, 6.07) is 20.3. The summed E-state index contributed by atoms with van der Waals surface area (Å²) in [4.78, 5) is 25.0. The number of amides is 2. The van der Waals surface area contributed by atoms with Crippen LogP contribution in [0.5, 0.6) is 11.5 Å². The van der Waals surface area contributed by atoms with Crippen molar-refractivity contribution in [2.45, 2.75) is 50.9 Å². The van der Waals surface area contributed by atoms with E-state index < -0.39 is 0 Å². The molecule has 0 atom stereocenters. The van der Waals surface area contributed by atoms with E-state index in [0.717, 1.165) is 23.4 Å². The number of rotatable bonds is 10. The number of carbonyl (C=O) groups excluding carboxylic acids is 2. The lowest BCUT2D eigenvalue weighted by molar-refractivity contribution is -0.118. The van der Waals surface area contributed by atoms with Gasteiger partial charge < -0.3 is 14.8 Å². The lowest BCUT2D eigenvalue weighted by Gasteiger charge is -2.57. The molecule has 7 nitrogen and oxygen atoms in total. The zero-order valence-electron chi connectivity index (χ0n) is 23.8. The van der Waals surface area contributed by atoms with Gasteiger partial charge in [0, 0.05) is 16.3 Å². The molecule has 218 valence electrons. The zero-order valence-corrected chi connectivity index (χ0v) is 24.5. The van der Waals surface area contributed by atoms with Gasteiger partial charge in [-0.2, -0.15) is 5.10 Å². The molecule has 4 bridgehead atoms. The van der Waals surface area contributed by atoms with Crippen molar-refractivity contribution < 1.29 is 19.1 Å². The highest BCUT2D eigenvalue weighted by Gasteiger charge is 2.51. The number of hydrogen-bond acceptors (Lipinski definition) is 5. The van der Waals surface area contributed by atoms with Gasteiger partial charge in [-0.05, 0) is 134 Å². The van der Waals surface area contributed by atoms with Crippen LogP contribution in [0.4, 0.5) is 5.69 Å². The van der Waals surface area contributed by atoms with Crippen molar-refractivity contribution in [3.63, 3.8) is 0 Å². The second-order valence-corrected chi connectivity index (χ2v) is 12.4. The molecule has 4 fully saturated rings. The minimum absolute atomic E-state index is 0.151. The smallest absolute Gasteiger partial charge is 0.271 e. The molecule has 0 saturated heterocycles. The van der Waals surface area contributed by atoms with Crippen LogP contribution in [-0.4, -0.2) is 31.2 Å². The van der Waals surface area contributed by atoms with Crippen molar-refractivity contribution in [3.05, 3.63) is 88.4 Å². The minimum atomic E-state index is -0.346. The molecule has 3 aromatic rings. The fourth-order valence-electron chi connectivity index (χ4n) is 7.54. The highest BCUT2D eigenvalue weighted by molar-refractivity contribution is 6.30. The number of anilines is 1. The number of ether oxygens (including phenoxy) is 2. The van der Waals surface area contributed by atoms with Gasteiger partial charge in [-0.15, -0.1) is 0 Å². The second kappa shape index (κ2) is 12.2. The summed E-state index contributed by atoms with van der Waals surface area (Å²) >= 11 is 5.87. The Hall–Kier alpha value is -3.84. The normalized spacial score (nSPS) is 24.0. The minimum Gasteiger partial charge on any atom is -0.490 e. The third kappa shape index (κ3) is 6.31. The number of benzene rings is 3. The first-order chi connectivity index (χ1) is 20.4. The molecule has 3 aromatic carbocycles. The number of hydrazone groups is 1. The average molecular weight is 586 g/mol. The molecule has 4 aliphatic carbocycles. The van der Waals surface area contributed by atoms with E-state index in [9.17, 15) is 9.59 Å². The molecular formula is C34H36ClN3O4. The molecule has 2 N–H and O–H groups in total. The van der Waals surface area contributed by atoms with Gasteiger partial charge in [0.25, 0.3) is 11.8 Å². The lowest BCUT2D eigenvalue weighted by Crippen LogP contribution is -2.48. The summed E-state index contributed by atoms with van der Waals surface area (Å²) in [6.07, 6.45) is 9.77. The van der Waals surface area contributed by atoms with Gasteiger partial charge in [-0.25, -0.2) is 5.43 Å². The fraction of sp³-hybridized carbons (Fsp3) is 0.382. The Bertz CT molecular complexity index is 1430. The van der Waals surface area contributed by atoms with Crippen LogP contribution in [0.15, 0.2) is 71.8 Å². The summed E-state index contributed by atoms with van der Waals surface area (Å²) in [5.41, 5.74) is 6.20. The third-order valence-corrected chi connectivity index (χ3v) is 9.18. The Morgan fingerprint density at radius 1 is 0.905 bits per heavy atom. The Morgan fingerprint density at radius 2 is 1.57 bits per heavy atom. The largest absolute Gasteiger partial charge is 0.490 e. The molecule has 4 aliphatic rings. The summed E-state index contributed by atoms with van der Waals surface area (Å²) in [5, 5.41) is 7.55. The van der Waals surface area contributed by atoms with Gasteiger partial charge in [0.05, 0.1) is 12.8 Å². The first-order valence-electron chi connectivity index (χ1n) is 14.8. The van der Waals surface area contributed by atoms with E-state index in [2.05, 4.69) is 28.0 Å². The number of hydrogen-bond donors (Lipinski definition) is 2. The first-order valence-corrected chi connectivity index (χ1v) is 15.2. The van der Waals surface area contributed by atoms with Crippen LogP contribution in [0.2, 0.25) is 5.02 Å². The summed E-state index contributed by atoms with van der Waals surface area (Å²) in [5.74, 6) is 3.05. The topological polar surface area (TPSA) is 89.0 Å². The van der Waals surface area contributed by atoms with Crippen molar-refractivity contribution in [2.24, 2.45) is 22.9 Å². The van der Waals surface area contributed by atoms with E-state index in [1.807, 2.05) is 19.1 Å². The monoisotopic (exact) mass is 585 g/mol. The summed E-state index contributed by atoms with van der Waals surface area (Å²) in [6.45, 7) is 2.14. The van der Waals surface area contributed by atoms with Crippen LogP contribution in [0.3, 0.4) is 0 Å². The van der Waals surface area contributed by atoms with E-state index in [1.54, 1.807) is 42.5 Å². The molecule has 0 spiro atoms. The first kappa shape index (κ1) is 28.3. The van der Waals surface area contributed by atoms with E-state index in [1.165, 1.54) is 50.3 Å². The molecule has 2 amide bonds. The van der Waals surface area contributed by atoms with Crippen LogP contribution in [0.1, 0.15) is 66.9 Å². The van der Waals surface area contributed by atoms with Gasteiger partial charge >= 0.3 is 0 Å². The molecular weight excluding hydrogens is 550 g/mol. The fourth-order valence-corrected chi connectivity index (χ4v) is 7.66. The lowest BCUT2D eigenvalue weighted by atomic mass is 9.48. The van der Waals surface area contributed by atoms with Crippen molar-refractivity contribution in [1.29, 1.82) is 0 Å². The maximum absolute atomic E-state index is 12.7. The molecule has 42 heavy (non-hydrogen) atoms. The maximum Gasteiger partial charge on any atom is 0.271 e. The van der Waals surface area contributed by atoms with E-state index in [0.29, 0.717) is 39.7 Å². The molecule has 4 saturated carbocycles. The van der Waals surface area contributed by atoms with Crippen LogP contribution < -0.4 is 20.2 Å². The Balaban J connectivity index is 1.03. The number of nitrogens with one attached hydrogen (secondary N) is 2. The van der Waals surface area contributed by atoms with Gasteiger partial charge in [0.1, 0.15) is 0 Å². The Morgan fingerprint density at radius 3 is 2.21 bits per heavy atom. The highest BCUT2D eigenvalue weighted by Crippen LogP contribution is 2.60. The Kier molecular flexibility index (Phi) is 8.20. The maximum atomic E-state index is 12.7. The molecule has 8 heteroatoms. The number of carbonyl (C=O) groups is 2. The van der Waals surface area contributed by atoms with Crippen LogP contribution >= 0.6 is 11.6 Å². The van der Waals surface area contributed by atoms with Crippen molar-refractivity contribution >= 4 is 35.3 Å². The zero-order chi connectivity index (χ0) is 29.1. The predicted molar refractivity (Wildman–Crippen MR) is 165 cm³/mol. The van der Waals surface area contributed by atoms with Gasteiger partial charge in [0.15, 0.2) is 18.1 Å². The molecule has 0 aromatic heterocycles. The molecule has 0 heterocycles. The van der Waals surface area contributed by atoms with Crippen molar-refractivity contribution in [1.82, 2.24) is 5.43 Å². The standard InChI is InChI=1S/C34H36ClN3O4/c1-2-41-31-16-22(20-36-38-33(40)26-4-8-28(35)9-5-26)3-12-30(31)42-21-32(39)37-29-10-6-27(7-11-29)34-17-23-13-24(18-34)15-25(14-23)19-34/h3-12,16,20,23-25H,2,13-15,17-19,21H2,1H3,(H,37,39)(H,38,40)/b36-20+. The van der Waals surface area contributed by atoms with Gasteiger partial charge in [-0.3, -0.25) is 9.59 Å². The molecule has 0 aliphatic heterocycles. The third-order valence-electron chi connectivity index (χ3n) is 8.93.